The highest BCUT2D eigenvalue weighted by molar-refractivity contribution is 6.30. The van der Waals surface area contributed by atoms with Crippen molar-refractivity contribution in [3.05, 3.63) is 41.9 Å². The number of amides is 2. The van der Waals surface area contributed by atoms with Crippen molar-refractivity contribution in [2.45, 2.75) is 56.9 Å². The highest BCUT2D eigenvalue weighted by Crippen LogP contribution is 2.59. The van der Waals surface area contributed by atoms with Crippen molar-refractivity contribution in [3.8, 4) is 0 Å². The molecule has 2 bridgehead atoms. The molecular formula is C25H31ClN2O6. The first-order valence-electron chi connectivity index (χ1n) is 11.7. The minimum absolute atomic E-state index is 0.108. The van der Waals surface area contributed by atoms with Gasteiger partial charge in [-0.15, -0.1) is 6.58 Å². The molecule has 34 heavy (non-hydrogen) atoms. The van der Waals surface area contributed by atoms with Gasteiger partial charge in [0.2, 0.25) is 5.91 Å². The average molecular weight is 491 g/mol. The lowest BCUT2D eigenvalue weighted by Crippen LogP contribution is -2.60. The zero-order valence-corrected chi connectivity index (χ0v) is 20.1. The fourth-order valence-corrected chi connectivity index (χ4v) is 6.17. The highest BCUT2D eigenvalue weighted by atomic mass is 35.5. The first-order valence-corrected chi connectivity index (χ1v) is 12.1. The highest BCUT2D eigenvalue weighted by Gasteiger charge is 2.75. The van der Waals surface area contributed by atoms with Crippen LogP contribution >= 0.6 is 11.6 Å². The molecule has 0 radical (unpaired) electrons. The number of fused-ring (bicyclic) bond motifs is 1. The van der Waals surface area contributed by atoms with Crippen LogP contribution in [0.1, 0.15) is 33.1 Å². The van der Waals surface area contributed by atoms with Crippen molar-refractivity contribution in [3.63, 3.8) is 0 Å². The van der Waals surface area contributed by atoms with E-state index in [1.165, 1.54) is 9.80 Å². The molecule has 2 amide bonds. The number of carbonyl (C=O) groups is 3. The molecule has 9 heteroatoms. The van der Waals surface area contributed by atoms with Crippen LogP contribution in [0.4, 0.5) is 5.69 Å². The van der Waals surface area contributed by atoms with E-state index in [1.807, 2.05) is 13.8 Å². The minimum Gasteiger partial charge on any atom is -0.481 e. The van der Waals surface area contributed by atoms with Crippen LogP contribution in [0, 0.1) is 17.8 Å². The molecule has 3 aliphatic rings. The Bertz CT molecular complexity index is 984. The molecule has 1 aromatic rings. The van der Waals surface area contributed by atoms with Gasteiger partial charge in [0.25, 0.3) is 5.91 Å². The molecule has 2 N–H and O–H groups in total. The van der Waals surface area contributed by atoms with Crippen molar-refractivity contribution >= 4 is 35.1 Å². The summed E-state index contributed by atoms with van der Waals surface area (Å²) in [5, 5.41) is 20.7. The summed E-state index contributed by atoms with van der Waals surface area (Å²) in [5.74, 6) is -3.99. The summed E-state index contributed by atoms with van der Waals surface area (Å²) in [4.78, 5) is 43.2. The number of hydrogen-bond donors (Lipinski definition) is 2. The van der Waals surface area contributed by atoms with Crippen molar-refractivity contribution < 1.29 is 29.3 Å². The third kappa shape index (κ3) is 3.63. The van der Waals surface area contributed by atoms with Gasteiger partial charge < -0.3 is 24.7 Å². The van der Waals surface area contributed by atoms with Crippen molar-refractivity contribution in [2.75, 3.05) is 18.1 Å². The summed E-state index contributed by atoms with van der Waals surface area (Å²) in [6, 6.07) is 5.08. The summed E-state index contributed by atoms with van der Waals surface area (Å²) < 4.78 is 6.26. The fraction of sp³-hybridized carbons (Fsp3) is 0.560. The van der Waals surface area contributed by atoms with E-state index in [1.54, 1.807) is 30.3 Å². The van der Waals surface area contributed by atoms with E-state index in [9.17, 15) is 24.6 Å². The van der Waals surface area contributed by atoms with Crippen molar-refractivity contribution in [2.24, 2.45) is 17.8 Å². The smallest absolute Gasteiger partial charge is 0.310 e. The molecular weight excluding hydrogens is 460 g/mol. The summed E-state index contributed by atoms with van der Waals surface area (Å²) in [6.45, 7) is 7.48. The van der Waals surface area contributed by atoms with Crippen LogP contribution in [0.25, 0.3) is 0 Å². The molecule has 1 spiro atoms. The fourth-order valence-electron chi connectivity index (χ4n) is 6.04. The summed E-state index contributed by atoms with van der Waals surface area (Å²) in [5.41, 5.74) is -0.665. The lowest BCUT2D eigenvalue weighted by molar-refractivity contribution is -0.151. The van der Waals surface area contributed by atoms with Crippen LogP contribution in [-0.4, -0.2) is 69.8 Å². The maximum atomic E-state index is 14.3. The Morgan fingerprint density at radius 3 is 2.62 bits per heavy atom. The van der Waals surface area contributed by atoms with Gasteiger partial charge in [0.15, 0.2) is 0 Å². The number of anilines is 1. The number of halogens is 1. The molecule has 0 aromatic heterocycles. The Hall–Kier alpha value is -2.42. The molecule has 4 rings (SSSR count). The number of aliphatic carboxylic acids is 1. The molecule has 8 nitrogen and oxygen atoms in total. The second-order valence-electron chi connectivity index (χ2n) is 9.49. The minimum atomic E-state index is -1.24. The first kappa shape index (κ1) is 24.7. The maximum absolute atomic E-state index is 14.3. The van der Waals surface area contributed by atoms with Crippen molar-refractivity contribution in [1.29, 1.82) is 0 Å². The van der Waals surface area contributed by atoms with E-state index in [2.05, 4.69) is 6.58 Å². The summed E-state index contributed by atoms with van der Waals surface area (Å²) >= 11 is 6.04. The molecule has 3 heterocycles. The molecule has 0 unspecified atom stereocenters. The largest absolute Gasteiger partial charge is 0.481 e. The van der Waals surface area contributed by atoms with Crippen molar-refractivity contribution in [1.82, 2.24) is 4.90 Å². The number of carbonyl (C=O) groups excluding carboxylic acids is 2. The van der Waals surface area contributed by atoms with Crippen LogP contribution in [0.15, 0.2) is 36.9 Å². The number of aliphatic hydroxyl groups is 1. The first-order chi connectivity index (χ1) is 16.2. The zero-order valence-electron chi connectivity index (χ0n) is 19.4. The van der Waals surface area contributed by atoms with Gasteiger partial charge in [-0.2, -0.15) is 0 Å². The lowest BCUT2D eigenvalue weighted by Gasteiger charge is -2.40. The molecule has 7 atom stereocenters. The molecule has 3 fully saturated rings. The Morgan fingerprint density at radius 2 is 2.06 bits per heavy atom. The molecule has 3 aliphatic heterocycles. The van der Waals surface area contributed by atoms with Crippen LogP contribution < -0.4 is 4.90 Å². The molecule has 0 aliphatic carbocycles. The molecule has 3 saturated heterocycles. The van der Waals surface area contributed by atoms with E-state index in [4.69, 9.17) is 16.3 Å². The zero-order chi connectivity index (χ0) is 24.8. The van der Waals surface area contributed by atoms with Crippen LogP contribution in [0.5, 0.6) is 0 Å². The topological polar surface area (TPSA) is 107 Å². The number of benzene rings is 1. The number of hydrogen-bond acceptors (Lipinski definition) is 5. The third-order valence-corrected chi connectivity index (χ3v) is 8.07. The summed E-state index contributed by atoms with van der Waals surface area (Å²) in [7, 11) is 0. The van der Waals surface area contributed by atoms with E-state index >= 15 is 0 Å². The predicted octanol–water partition coefficient (Wildman–Crippen LogP) is 2.73. The second-order valence-corrected chi connectivity index (χ2v) is 9.93. The maximum Gasteiger partial charge on any atom is 0.310 e. The van der Waals surface area contributed by atoms with Gasteiger partial charge in [0, 0.05) is 17.3 Å². The SMILES string of the molecule is C=CCN(C(=O)[C@@H]1N([C@@H](CO)[C@@H](C)CC)C(=O)[C@H]2[C@H](C(=O)O)[C@@H]3CC[C@]12O3)c1ccc(Cl)cc1. The van der Waals surface area contributed by atoms with Crippen LogP contribution in [0.2, 0.25) is 5.02 Å². The standard InChI is InChI=1S/C25H31ClN2O6/c1-4-12-27(16-8-6-15(26)7-9-16)23(31)21-25-11-10-18(34-25)19(24(32)33)20(25)22(30)28(21)17(13-29)14(3)5-2/h4,6-9,14,17-21,29H,1,5,10-13H2,2-3H3,(H,32,33)/t14-,17-,18-,19+,20+,21-,25+/m0/s1. The van der Waals surface area contributed by atoms with Gasteiger partial charge in [0.05, 0.1) is 30.6 Å². The number of carboxylic acids is 1. The van der Waals surface area contributed by atoms with Gasteiger partial charge in [-0.25, -0.2) is 0 Å². The predicted molar refractivity (Wildman–Crippen MR) is 126 cm³/mol. The molecule has 1 aromatic carbocycles. The number of nitrogens with zero attached hydrogens (tertiary/aromatic N) is 2. The lowest BCUT2D eigenvalue weighted by atomic mass is 9.70. The van der Waals surface area contributed by atoms with Gasteiger partial charge in [-0.05, 0) is 43.0 Å². The number of rotatable bonds is 9. The van der Waals surface area contributed by atoms with Gasteiger partial charge in [-0.1, -0.05) is 37.9 Å². The van der Waals surface area contributed by atoms with E-state index in [0.717, 1.165) is 0 Å². The van der Waals surface area contributed by atoms with Gasteiger partial charge >= 0.3 is 5.97 Å². The van der Waals surface area contributed by atoms with Crippen LogP contribution in [-0.2, 0) is 19.1 Å². The number of carboxylic acid groups (broad SMARTS) is 1. The molecule has 184 valence electrons. The average Bonchev–Trinajstić information content (AvgIpc) is 3.46. The van der Waals surface area contributed by atoms with Gasteiger partial charge in [-0.3, -0.25) is 14.4 Å². The van der Waals surface area contributed by atoms with Gasteiger partial charge in [0.1, 0.15) is 11.6 Å². The Morgan fingerprint density at radius 1 is 1.38 bits per heavy atom. The Labute approximate surface area is 204 Å². The van der Waals surface area contributed by atoms with E-state index in [0.29, 0.717) is 30.0 Å². The Balaban J connectivity index is 1.84. The number of aliphatic hydroxyl groups excluding tert-OH is 1. The quantitative estimate of drug-likeness (QED) is 0.515. The third-order valence-electron chi connectivity index (χ3n) is 7.82. The summed E-state index contributed by atoms with van der Waals surface area (Å²) in [6.07, 6.45) is 2.53. The molecule has 0 saturated carbocycles. The van der Waals surface area contributed by atoms with Crippen LogP contribution in [0.3, 0.4) is 0 Å². The number of likely N-dealkylation sites (tertiary alicyclic amines) is 1. The second kappa shape index (κ2) is 9.32. The monoisotopic (exact) mass is 490 g/mol. The van der Waals surface area contributed by atoms with E-state index < -0.39 is 47.5 Å². The normalized spacial score (nSPS) is 31.3. The van der Waals surface area contributed by atoms with E-state index in [-0.39, 0.29) is 25.0 Å². The number of ether oxygens (including phenoxy) is 1. The Kier molecular flexibility index (Phi) is 6.77.